The van der Waals surface area contributed by atoms with Gasteiger partial charge in [-0.05, 0) is 26.7 Å². The number of nitrogens with zero attached hydrogens (tertiary/aromatic N) is 3. The van der Waals surface area contributed by atoms with Gasteiger partial charge in [0, 0.05) is 17.2 Å². The molecule has 0 unspecified atom stereocenters. The minimum atomic E-state index is 0.520. The smallest absolute Gasteiger partial charge is 0.147 e. The lowest BCUT2D eigenvalue weighted by atomic mass is 10.2. The lowest BCUT2D eigenvalue weighted by Gasteiger charge is -2.03. The van der Waals surface area contributed by atoms with E-state index in [4.69, 9.17) is 5.26 Å². The maximum absolute atomic E-state index is 8.83. The van der Waals surface area contributed by atoms with Gasteiger partial charge in [0.1, 0.15) is 17.6 Å². The Morgan fingerprint density at radius 3 is 2.54 bits per heavy atom. The number of aryl methyl sites for hydroxylation is 1. The van der Waals surface area contributed by atoms with E-state index in [1.54, 1.807) is 0 Å². The average Bonchev–Trinajstić information content (AvgIpc) is 2.92. The molecule has 13 heavy (non-hydrogen) atoms. The summed E-state index contributed by atoms with van der Waals surface area (Å²) >= 11 is 0. The van der Waals surface area contributed by atoms with Crippen LogP contribution in [0.4, 0.5) is 0 Å². The Kier molecular flexibility index (Phi) is 1.77. The van der Waals surface area contributed by atoms with Crippen molar-refractivity contribution in [3.8, 4) is 6.07 Å². The lowest BCUT2D eigenvalue weighted by Crippen LogP contribution is -2.01. The highest BCUT2D eigenvalue weighted by atomic mass is 14.9. The molecule has 0 aromatic carbocycles. The molecule has 0 amide bonds. The summed E-state index contributed by atoms with van der Waals surface area (Å²) in [6, 6.07) is 2.11. The molecule has 1 saturated carbocycles. The van der Waals surface area contributed by atoms with Crippen LogP contribution < -0.4 is 0 Å². The van der Waals surface area contributed by atoms with Crippen molar-refractivity contribution < 1.29 is 0 Å². The van der Waals surface area contributed by atoms with Gasteiger partial charge in [0.05, 0.1) is 0 Å². The van der Waals surface area contributed by atoms with Crippen molar-refractivity contribution in [3.63, 3.8) is 0 Å². The zero-order valence-corrected chi connectivity index (χ0v) is 7.83. The van der Waals surface area contributed by atoms with Crippen molar-refractivity contribution in [1.29, 1.82) is 5.26 Å². The van der Waals surface area contributed by atoms with Crippen LogP contribution in [0.25, 0.3) is 0 Å². The van der Waals surface area contributed by atoms with Gasteiger partial charge in [0.25, 0.3) is 0 Å². The largest absolute Gasteiger partial charge is 0.238 e. The minimum absolute atomic E-state index is 0.520. The first kappa shape index (κ1) is 8.18. The van der Waals surface area contributed by atoms with Crippen LogP contribution in [0.15, 0.2) is 0 Å². The molecule has 3 nitrogen and oxygen atoms in total. The number of rotatable bonds is 1. The lowest BCUT2D eigenvalue weighted by molar-refractivity contribution is 0.884. The predicted molar refractivity (Wildman–Crippen MR) is 48.2 cm³/mol. The molecular weight excluding hydrogens is 162 g/mol. The molecule has 3 heteroatoms. The van der Waals surface area contributed by atoms with Gasteiger partial charge in [-0.1, -0.05) is 0 Å². The topological polar surface area (TPSA) is 49.6 Å². The van der Waals surface area contributed by atoms with Crippen molar-refractivity contribution in [2.24, 2.45) is 0 Å². The van der Waals surface area contributed by atoms with Crippen molar-refractivity contribution in [3.05, 3.63) is 22.8 Å². The van der Waals surface area contributed by atoms with E-state index in [0.717, 1.165) is 17.1 Å². The molecule has 1 heterocycles. The van der Waals surface area contributed by atoms with Gasteiger partial charge < -0.3 is 0 Å². The van der Waals surface area contributed by atoms with E-state index in [0.29, 0.717) is 11.6 Å². The van der Waals surface area contributed by atoms with Gasteiger partial charge in [-0.15, -0.1) is 0 Å². The zero-order chi connectivity index (χ0) is 9.42. The third-order valence-corrected chi connectivity index (χ3v) is 2.45. The molecule has 66 valence electrons. The fourth-order valence-corrected chi connectivity index (χ4v) is 1.28. The summed E-state index contributed by atoms with van der Waals surface area (Å²) in [6.07, 6.45) is 2.35. The Labute approximate surface area is 77.4 Å². The molecule has 0 aliphatic heterocycles. The summed E-state index contributed by atoms with van der Waals surface area (Å²) in [4.78, 5) is 8.62. The van der Waals surface area contributed by atoms with Gasteiger partial charge in [0.2, 0.25) is 0 Å². The molecule has 2 rings (SSSR count). The number of nitriles is 1. The molecule has 1 aliphatic rings. The molecule has 0 bridgehead atoms. The van der Waals surface area contributed by atoms with Crippen LogP contribution >= 0.6 is 0 Å². The molecule has 1 fully saturated rings. The number of hydrogen-bond acceptors (Lipinski definition) is 3. The SMILES string of the molecule is Cc1nc(C2CC2)nc(C#N)c1C. The van der Waals surface area contributed by atoms with Crippen molar-refractivity contribution >= 4 is 0 Å². The van der Waals surface area contributed by atoms with Crippen LogP contribution in [-0.4, -0.2) is 9.97 Å². The first-order valence-corrected chi connectivity index (χ1v) is 4.47. The molecule has 0 radical (unpaired) electrons. The molecule has 1 aromatic heterocycles. The maximum Gasteiger partial charge on any atom is 0.147 e. The molecular formula is C10H11N3. The monoisotopic (exact) mass is 173 g/mol. The molecule has 1 aromatic rings. The fraction of sp³-hybridized carbons (Fsp3) is 0.500. The van der Waals surface area contributed by atoms with Crippen LogP contribution in [0.1, 0.15) is 41.5 Å². The highest BCUT2D eigenvalue weighted by Gasteiger charge is 2.27. The van der Waals surface area contributed by atoms with E-state index in [2.05, 4.69) is 16.0 Å². The Morgan fingerprint density at radius 1 is 1.31 bits per heavy atom. The van der Waals surface area contributed by atoms with Gasteiger partial charge >= 0.3 is 0 Å². The van der Waals surface area contributed by atoms with Crippen LogP contribution in [-0.2, 0) is 0 Å². The Morgan fingerprint density at radius 2 is 2.00 bits per heavy atom. The summed E-state index contributed by atoms with van der Waals surface area (Å²) in [6.45, 7) is 3.83. The van der Waals surface area contributed by atoms with E-state index >= 15 is 0 Å². The summed E-state index contributed by atoms with van der Waals surface area (Å²) in [5.41, 5.74) is 2.38. The molecule has 0 N–H and O–H groups in total. The third-order valence-electron chi connectivity index (χ3n) is 2.45. The zero-order valence-electron chi connectivity index (χ0n) is 7.83. The Bertz CT molecular complexity index is 386. The standard InChI is InChI=1S/C10H11N3/c1-6-7(2)12-10(8-3-4-8)13-9(6)5-11/h8H,3-4H2,1-2H3. The van der Waals surface area contributed by atoms with E-state index in [9.17, 15) is 0 Å². The maximum atomic E-state index is 8.83. The molecule has 0 atom stereocenters. The highest BCUT2D eigenvalue weighted by Crippen LogP contribution is 2.38. The minimum Gasteiger partial charge on any atom is -0.238 e. The second-order valence-electron chi connectivity index (χ2n) is 3.53. The third kappa shape index (κ3) is 1.40. The van der Waals surface area contributed by atoms with Crippen LogP contribution in [0.3, 0.4) is 0 Å². The summed E-state index contributed by atoms with van der Waals surface area (Å²) in [7, 11) is 0. The summed E-state index contributed by atoms with van der Waals surface area (Å²) < 4.78 is 0. The Hall–Kier alpha value is -1.43. The van der Waals surface area contributed by atoms with Crippen molar-refractivity contribution in [2.75, 3.05) is 0 Å². The quantitative estimate of drug-likeness (QED) is 0.651. The highest BCUT2D eigenvalue weighted by molar-refractivity contribution is 5.33. The van der Waals surface area contributed by atoms with Crippen molar-refractivity contribution in [1.82, 2.24) is 9.97 Å². The Balaban J connectivity index is 2.51. The summed E-state index contributed by atoms with van der Waals surface area (Å²) in [5, 5.41) is 8.83. The van der Waals surface area contributed by atoms with E-state index < -0.39 is 0 Å². The van der Waals surface area contributed by atoms with Crippen molar-refractivity contribution in [2.45, 2.75) is 32.6 Å². The molecule has 0 saturated heterocycles. The first-order chi connectivity index (χ1) is 6.22. The molecule has 1 aliphatic carbocycles. The first-order valence-electron chi connectivity index (χ1n) is 4.47. The second-order valence-corrected chi connectivity index (χ2v) is 3.53. The van der Waals surface area contributed by atoms with Gasteiger partial charge in [-0.2, -0.15) is 5.26 Å². The van der Waals surface area contributed by atoms with Crippen LogP contribution in [0.2, 0.25) is 0 Å². The average molecular weight is 173 g/mol. The van der Waals surface area contributed by atoms with Gasteiger partial charge in [0.15, 0.2) is 0 Å². The predicted octanol–water partition coefficient (Wildman–Crippen LogP) is 1.84. The number of hydrogen-bond donors (Lipinski definition) is 0. The second kappa shape index (κ2) is 2.81. The summed E-state index contributed by atoms with van der Waals surface area (Å²) in [5.74, 6) is 1.38. The van der Waals surface area contributed by atoms with E-state index in [1.165, 1.54) is 12.8 Å². The number of aromatic nitrogens is 2. The molecule has 0 spiro atoms. The van der Waals surface area contributed by atoms with E-state index in [1.807, 2.05) is 13.8 Å². The fourth-order valence-electron chi connectivity index (χ4n) is 1.28. The van der Waals surface area contributed by atoms with Gasteiger partial charge in [-0.3, -0.25) is 0 Å². The van der Waals surface area contributed by atoms with Crippen LogP contribution in [0, 0.1) is 25.2 Å². The van der Waals surface area contributed by atoms with Gasteiger partial charge in [-0.25, -0.2) is 9.97 Å². The van der Waals surface area contributed by atoms with Crippen LogP contribution in [0.5, 0.6) is 0 Å². The normalized spacial score (nSPS) is 15.5. The van der Waals surface area contributed by atoms with E-state index in [-0.39, 0.29) is 0 Å².